The van der Waals surface area contributed by atoms with Crippen LogP contribution in [0.4, 0.5) is 11.5 Å². The molecule has 0 fully saturated rings. The number of fused-ring (bicyclic) bond motifs is 1. The van der Waals surface area contributed by atoms with Gasteiger partial charge in [0.1, 0.15) is 5.69 Å². The predicted octanol–water partition coefficient (Wildman–Crippen LogP) is 1.94. The Morgan fingerprint density at radius 1 is 1.53 bits per heavy atom. The van der Waals surface area contributed by atoms with Gasteiger partial charge in [0, 0.05) is 12.7 Å². The van der Waals surface area contributed by atoms with Gasteiger partial charge < -0.3 is 11.1 Å². The third-order valence-corrected chi connectivity index (χ3v) is 2.30. The van der Waals surface area contributed by atoms with Crippen molar-refractivity contribution in [1.29, 1.82) is 0 Å². The zero-order valence-electron chi connectivity index (χ0n) is 8.77. The summed E-state index contributed by atoms with van der Waals surface area (Å²) in [6.07, 6.45) is 5.01. The molecule has 79 valence electrons. The van der Waals surface area contributed by atoms with E-state index in [1.54, 1.807) is 4.52 Å². The molecular formula is C11H15N4. The molecular weight excluding hydrogens is 188 g/mol. The molecule has 4 heteroatoms. The highest BCUT2D eigenvalue weighted by Crippen LogP contribution is 2.22. The zero-order valence-corrected chi connectivity index (χ0v) is 8.77. The summed E-state index contributed by atoms with van der Waals surface area (Å²) >= 11 is 0. The highest BCUT2D eigenvalue weighted by Gasteiger charge is 2.07. The molecule has 1 radical (unpaired) electrons. The van der Waals surface area contributed by atoms with Gasteiger partial charge in [-0.3, -0.25) is 0 Å². The number of anilines is 2. The molecule has 0 spiro atoms. The molecule has 3 N–H and O–H groups in total. The Labute approximate surface area is 89.1 Å². The van der Waals surface area contributed by atoms with Crippen LogP contribution in [0.5, 0.6) is 0 Å². The molecule has 0 aliphatic carbocycles. The highest BCUT2D eigenvalue weighted by molar-refractivity contribution is 5.80. The van der Waals surface area contributed by atoms with Gasteiger partial charge in [-0.1, -0.05) is 13.0 Å². The maximum absolute atomic E-state index is 5.97. The molecule has 15 heavy (non-hydrogen) atoms. The Morgan fingerprint density at radius 3 is 3.13 bits per heavy atom. The summed E-state index contributed by atoms with van der Waals surface area (Å²) in [5.41, 5.74) is 7.62. The highest BCUT2D eigenvalue weighted by atomic mass is 15.3. The van der Waals surface area contributed by atoms with Gasteiger partial charge in [-0.15, -0.1) is 5.10 Å². The number of nitrogen functional groups attached to an aromatic ring is 1. The summed E-state index contributed by atoms with van der Waals surface area (Å²) in [6.45, 7) is 2.90. The number of hydrogen-bond donors (Lipinski definition) is 2. The molecule has 0 aliphatic rings. The summed E-state index contributed by atoms with van der Waals surface area (Å²) in [6, 6.07) is 5.85. The molecule has 0 saturated carbocycles. The molecule has 2 heterocycles. The number of unbranched alkanes of at least 4 members (excludes halogenated alkanes) is 1. The summed E-state index contributed by atoms with van der Waals surface area (Å²) in [7, 11) is 0. The van der Waals surface area contributed by atoms with Crippen molar-refractivity contribution in [2.75, 3.05) is 17.6 Å². The first-order valence-corrected chi connectivity index (χ1v) is 5.07. The summed E-state index contributed by atoms with van der Waals surface area (Å²) in [5, 5.41) is 7.57. The third-order valence-electron chi connectivity index (χ3n) is 2.30. The van der Waals surface area contributed by atoms with Crippen LogP contribution in [0.1, 0.15) is 13.3 Å². The Bertz CT molecular complexity index is 447. The lowest BCUT2D eigenvalue weighted by Crippen LogP contribution is -2.03. The molecule has 4 nitrogen and oxygen atoms in total. The van der Waals surface area contributed by atoms with Gasteiger partial charge in [0.25, 0.3) is 0 Å². The average Bonchev–Trinajstić information content (AvgIpc) is 2.57. The maximum Gasteiger partial charge on any atom is 0.172 e. The van der Waals surface area contributed by atoms with Gasteiger partial charge in [0.15, 0.2) is 5.82 Å². The largest absolute Gasteiger partial charge is 0.394 e. The summed E-state index contributed by atoms with van der Waals surface area (Å²) in [5.74, 6) is 0.767. The number of pyridine rings is 1. The molecule has 0 saturated heterocycles. The lowest BCUT2D eigenvalue weighted by Gasteiger charge is -2.00. The summed E-state index contributed by atoms with van der Waals surface area (Å²) < 4.78 is 1.79. The van der Waals surface area contributed by atoms with Crippen molar-refractivity contribution in [3.05, 3.63) is 30.8 Å². The number of nitrogens with zero attached hydrogens (tertiary/aromatic N) is 2. The van der Waals surface area contributed by atoms with Crippen LogP contribution in [-0.2, 0) is 0 Å². The molecule has 2 aromatic rings. The Kier molecular flexibility index (Phi) is 2.76. The van der Waals surface area contributed by atoms with Gasteiger partial charge in [-0.05, 0) is 25.0 Å². The van der Waals surface area contributed by atoms with E-state index in [1.807, 2.05) is 31.3 Å². The van der Waals surface area contributed by atoms with Gasteiger partial charge in [-0.25, -0.2) is 4.52 Å². The number of hydrogen-bond acceptors (Lipinski definition) is 3. The first kappa shape index (κ1) is 9.83. The Morgan fingerprint density at radius 2 is 2.40 bits per heavy atom. The van der Waals surface area contributed by atoms with E-state index >= 15 is 0 Å². The number of nitrogens with two attached hydrogens (primary N) is 1. The van der Waals surface area contributed by atoms with Gasteiger partial charge in [0.05, 0.1) is 5.52 Å². The van der Waals surface area contributed by atoms with E-state index in [1.165, 1.54) is 0 Å². The van der Waals surface area contributed by atoms with Crippen molar-refractivity contribution >= 4 is 17.0 Å². The second-order valence-corrected chi connectivity index (χ2v) is 3.42. The fraction of sp³-hybridized carbons (Fsp3) is 0.273. The minimum absolute atomic E-state index is 0.715. The fourth-order valence-corrected chi connectivity index (χ4v) is 1.48. The predicted molar refractivity (Wildman–Crippen MR) is 62.7 cm³/mol. The molecule has 0 aromatic carbocycles. The molecule has 0 unspecified atom stereocenters. The SMILES string of the molecule is C[CH]CCNc1nn2ccccc2c1N. The van der Waals surface area contributed by atoms with Gasteiger partial charge in [-0.2, -0.15) is 0 Å². The molecule has 0 amide bonds. The van der Waals surface area contributed by atoms with E-state index in [0.29, 0.717) is 5.69 Å². The van der Waals surface area contributed by atoms with Crippen molar-refractivity contribution in [3.63, 3.8) is 0 Å². The van der Waals surface area contributed by atoms with E-state index in [-0.39, 0.29) is 0 Å². The second kappa shape index (κ2) is 4.21. The van der Waals surface area contributed by atoms with Crippen LogP contribution in [0.15, 0.2) is 24.4 Å². The monoisotopic (exact) mass is 203 g/mol. The van der Waals surface area contributed by atoms with Crippen LogP contribution < -0.4 is 11.1 Å². The third kappa shape index (κ3) is 1.88. The van der Waals surface area contributed by atoms with E-state index in [0.717, 1.165) is 24.3 Å². The van der Waals surface area contributed by atoms with E-state index in [2.05, 4.69) is 16.8 Å². The zero-order chi connectivity index (χ0) is 10.7. The van der Waals surface area contributed by atoms with Crippen LogP contribution in [0, 0.1) is 6.42 Å². The van der Waals surface area contributed by atoms with Crippen LogP contribution in [0.25, 0.3) is 5.52 Å². The molecule has 2 rings (SSSR count). The minimum Gasteiger partial charge on any atom is -0.394 e. The number of aromatic nitrogens is 2. The van der Waals surface area contributed by atoms with Crippen molar-refractivity contribution in [1.82, 2.24) is 9.61 Å². The molecule has 2 aromatic heterocycles. The fourth-order valence-electron chi connectivity index (χ4n) is 1.48. The maximum atomic E-state index is 5.97. The molecule has 0 bridgehead atoms. The van der Waals surface area contributed by atoms with Crippen LogP contribution >= 0.6 is 0 Å². The van der Waals surface area contributed by atoms with E-state index in [9.17, 15) is 0 Å². The first-order chi connectivity index (χ1) is 7.33. The Hall–Kier alpha value is -1.71. The van der Waals surface area contributed by atoms with Gasteiger partial charge in [0.2, 0.25) is 0 Å². The van der Waals surface area contributed by atoms with Crippen molar-refractivity contribution in [2.24, 2.45) is 0 Å². The van der Waals surface area contributed by atoms with Crippen LogP contribution in [0.2, 0.25) is 0 Å². The lowest BCUT2D eigenvalue weighted by atomic mass is 10.3. The van der Waals surface area contributed by atoms with E-state index < -0.39 is 0 Å². The molecule has 0 aliphatic heterocycles. The second-order valence-electron chi connectivity index (χ2n) is 3.42. The van der Waals surface area contributed by atoms with Crippen molar-refractivity contribution < 1.29 is 0 Å². The Balaban J connectivity index is 2.24. The first-order valence-electron chi connectivity index (χ1n) is 5.07. The topological polar surface area (TPSA) is 55.4 Å². The molecule has 0 atom stereocenters. The summed E-state index contributed by atoms with van der Waals surface area (Å²) in [4.78, 5) is 0. The minimum atomic E-state index is 0.715. The van der Waals surface area contributed by atoms with Crippen LogP contribution in [-0.4, -0.2) is 16.2 Å². The van der Waals surface area contributed by atoms with Gasteiger partial charge >= 0.3 is 0 Å². The normalized spacial score (nSPS) is 10.7. The van der Waals surface area contributed by atoms with Crippen LogP contribution in [0.3, 0.4) is 0 Å². The van der Waals surface area contributed by atoms with E-state index in [4.69, 9.17) is 5.73 Å². The quantitative estimate of drug-likeness (QED) is 0.747. The lowest BCUT2D eigenvalue weighted by molar-refractivity contribution is 0.933. The smallest absolute Gasteiger partial charge is 0.172 e. The number of rotatable bonds is 4. The number of nitrogens with one attached hydrogen (secondary N) is 1. The standard InChI is InChI=1S/C11H15N4/c1-2-3-7-13-11-10(12)9-6-4-5-8-15(9)14-11/h2,4-6,8H,3,7,12H2,1H3,(H,13,14). The van der Waals surface area contributed by atoms with Crippen molar-refractivity contribution in [2.45, 2.75) is 13.3 Å². The van der Waals surface area contributed by atoms with Crippen molar-refractivity contribution in [3.8, 4) is 0 Å². The average molecular weight is 203 g/mol.